The quantitative estimate of drug-likeness (QED) is 0.919. The molecule has 2 aromatic rings. The van der Waals surface area contributed by atoms with Crippen LogP contribution >= 0.6 is 0 Å². The van der Waals surface area contributed by atoms with Crippen molar-refractivity contribution in [3.63, 3.8) is 0 Å². The van der Waals surface area contributed by atoms with E-state index in [0.717, 1.165) is 41.6 Å². The van der Waals surface area contributed by atoms with Gasteiger partial charge < -0.3 is 19.1 Å². The molecule has 1 N–H and O–H groups in total. The number of hydrogen-bond acceptors (Lipinski definition) is 3. The van der Waals surface area contributed by atoms with Crippen molar-refractivity contribution >= 4 is 16.9 Å². The maximum atomic E-state index is 11.1. The van der Waals surface area contributed by atoms with Gasteiger partial charge >= 0.3 is 5.97 Å². The molecule has 1 aliphatic heterocycles. The molecule has 0 atom stereocenters. The molecule has 5 nitrogen and oxygen atoms in total. The molecule has 2 heterocycles. The Morgan fingerprint density at radius 2 is 2.00 bits per heavy atom. The molecule has 0 fully saturated rings. The Labute approximate surface area is 123 Å². The normalized spacial score (nSPS) is 13.6. The topological polar surface area (TPSA) is 60.7 Å². The van der Waals surface area contributed by atoms with Gasteiger partial charge in [0.05, 0.1) is 11.9 Å². The fraction of sp³-hybridized carbons (Fsp3) is 0.438. The van der Waals surface area contributed by atoms with Crippen molar-refractivity contribution in [3.8, 4) is 11.5 Å². The van der Waals surface area contributed by atoms with Crippen molar-refractivity contribution in [1.29, 1.82) is 0 Å². The highest BCUT2D eigenvalue weighted by molar-refractivity contribution is 5.90. The van der Waals surface area contributed by atoms with Crippen LogP contribution in [0.25, 0.3) is 10.9 Å². The molecule has 21 heavy (non-hydrogen) atoms. The molecule has 1 aliphatic rings. The van der Waals surface area contributed by atoms with Crippen molar-refractivity contribution in [3.05, 3.63) is 23.9 Å². The molecule has 1 aromatic carbocycles. The van der Waals surface area contributed by atoms with Crippen LogP contribution < -0.4 is 9.47 Å². The van der Waals surface area contributed by atoms with Gasteiger partial charge in [0, 0.05) is 24.2 Å². The number of aliphatic carboxylic acids is 1. The molecular weight excluding hydrogens is 270 g/mol. The predicted octanol–water partition coefficient (Wildman–Crippen LogP) is 2.84. The van der Waals surface area contributed by atoms with E-state index in [1.54, 1.807) is 0 Å². The minimum absolute atomic E-state index is 0.0231. The van der Waals surface area contributed by atoms with Gasteiger partial charge in [-0.05, 0) is 18.1 Å². The van der Waals surface area contributed by atoms with Crippen molar-refractivity contribution in [1.82, 2.24) is 4.57 Å². The van der Waals surface area contributed by atoms with Crippen LogP contribution in [0.1, 0.15) is 25.3 Å². The minimum Gasteiger partial charge on any atom is -0.486 e. The lowest BCUT2D eigenvalue weighted by Crippen LogP contribution is -2.15. The number of carboxylic acids is 1. The zero-order valence-corrected chi connectivity index (χ0v) is 12.1. The van der Waals surface area contributed by atoms with E-state index in [9.17, 15) is 4.79 Å². The van der Waals surface area contributed by atoms with Crippen LogP contribution in [0.2, 0.25) is 0 Å². The van der Waals surface area contributed by atoms with Crippen molar-refractivity contribution < 1.29 is 19.4 Å². The van der Waals surface area contributed by atoms with E-state index in [2.05, 4.69) is 11.5 Å². The summed E-state index contributed by atoms with van der Waals surface area (Å²) in [5.41, 5.74) is 1.84. The first-order chi connectivity index (χ1) is 10.2. The lowest BCUT2D eigenvalue weighted by molar-refractivity contribution is -0.136. The Balaban J connectivity index is 2.10. The lowest BCUT2D eigenvalue weighted by Gasteiger charge is -2.18. The van der Waals surface area contributed by atoms with Gasteiger partial charge in [-0.1, -0.05) is 13.3 Å². The SMILES string of the molecule is CCCCn1cc(CC(=O)O)c2cc3c(cc21)OCCO3. The summed E-state index contributed by atoms with van der Waals surface area (Å²) in [4.78, 5) is 11.1. The summed E-state index contributed by atoms with van der Waals surface area (Å²) < 4.78 is 13.3. The van der Waals surface area contributed by atoms with Gasteiger partial charge in [-0.3, -0.25) is 4.79 Å². The van der Waals surface area contributed by atoms with Crippen LogP contribution in [0.3, 0.4) is 0 Å². The van der Waals surface area contributed by atoms with Crippen molar-refractivity contribution in [2.45, 2.75) is 32.7 Å². The Hall–Kier alpha value is -2.17. The largest absolute Gasteiger partial charge is 0.486 e. The first kappa shape index (κ1) is 13.8. The maximum absolute atomic E-state index is 11.1. The zero-order valence-electron chi connectivity index (χ0n) is 12.1. The Kier molecular flexibility index (Phi) is 3.73. The lowest BCUT2D eigenvalue weighted by atomic mass is 10.1. The second kappa shape index (κ2) is 5.68. The first-order valence-corrected chi connectivity index (χ1v) is 7.32. The van der Waals surface area contributed by atoms with Crippen molar-refractivity contribution in [2.24, 2.45) is 0 Å². The molecule has 0 radical (unpaired) electrons. The smallest absolute Gasteiger partial charge is 0.307 e. The number of unbranched alkanes of at least 4 members (excludes halogenated alkanes) is 1. The molecule has 0 amide bonds. The number of aromatic nitrogens is 1. The fourth-order valence-corrected chi connectivity index (χ4v) is 2.72. The number of benzene rings is 1. The van der Waals surface area contributed by atoms with Crippen LogP contribution in [0.15, 0.2) is 18.3 Å². The Morgan fingerprint density at radius 1 is 1.29 bits per heavy atom. The van der Waals surface area contributed by atoms with Crippen LogP contribution in [0.5, 0.6) is 11.5 Å². The van der Waals surface area contributed by atoms with Crippen LogP contribution in [-0.2, 0) is 17.8 Å². The van der Waals surface area contributed by atoms with Crippen LogP contribution in [0.4, 0.5) is 0 Å². The molecule has 3 rings (SSSR count). The third kappa shape index (κ3) is 2.68. The van der Waals surface area contributed by atoms with Crippen molar-refractivity contribution in [2.75, 3.05) is 13.2 Å². The molecule has 0 bridgehead atoms. The zero-order chi connectivity index (χ0) is 14.8. The fourth-order valence-electron chi connectivity index (χ4n) is 2.72. The monoisotopic (exact) mass is 289 g/mol. The number of carbonyl (C=O) groups is 1. The summed E-state index contributed by atoms with van der Waals surface area (Å²) in [5.74, 6) is 0.625. The molecule has 112 valence electrons. The second-order valence-electron chi connectivity index (χ2n) is 5.28. The Bertz CT molecular complexity index is 674. The van der Waals surface area contributed by atoms with Gasteiger partial charge in [-0.15, -0.1) is 0 Å². The highest BCUT2D eigenvalue weighted by Gasteiger charge is 2.18. The second-order valence-corrected chi connectivity index (χ2v) is 5.28. The van der Waals surface area contributed by atoms with Gasteiger partial charge in [-0.2, -0.15) is 0 Å². The van der Waals surface area contributed by atoms with E-state index in [1.165, 1.54) is 0 Å². The summed E-state index contributed by atoms with van der Waals surface area (Å²) in [6, 6.07) is 3.87. The number of hydrogen-bond donors (Lipinski definition) is 1. The summed E-state index contributed by atoms with van der Waals surface area (Å²) >= 11 is 0. The van der Waals surface area contributed by atoms with Crippen LogP contribution in [-0.4, -0.2) is 28.9 Å². The molecule has 0 saturated carbocycles. The van der Waals surface area contributed by atoms with Gasteiger partial charge in [0.15, 0.2) is 11.5 Å². The number of carboxylic acid groups (broad SMARTS) is 1. The molecule has 0 aliphatic carbocycles. The number of rotatable bonds is 5. The highest BCUT2D eigenvalue weighted by Crippen LogP contribution is 2.36. The highest BCUT2D eigenvalue weighted by atomic mass is 16.6. The molecule has 0 saturated heterocycles. The standard InChI is InChI=1S/C16H19NO4/c1-2-3-4-17-10-11(7-16(18)19)12-8-14-15(9-13(12)17)21-6-5-20-14/h8-10H,2-7H2,1H3,(H,18,19). The average Bonchev–Trinajstić information content (AvgIpc) is 2.79. The average molecular weight is 289 g/mol. The molecule has 0 unspecified atom stereocenters. The number of nitrogens with zero attached hydrogens (tertiary/aromatic N) is 1. The summed E-state index contributed by atoms with van der Waals surface area (Å²) in [5, 5.41) is 10.0. The molecular formula is C16H19NO4. The van der Waals surface area contributed by atoms with E-state index < -0.39 is 5.97 Å². The van der Waals surface area contributed by atoms with E-state index >= 15 is 0 Å². The minimum atomic E-state index is -0.820. The molecule has 5 heteroatoms. The maximum Gasteiger partial charge on any atom is 0.307 e. The van der Waals surface area contributed by atoms with Gasteiger partial charge in [0.1, 0.15) is 13.2 Å². The summed E-state index contributed by atoms with van der Waals surface area (Å²) in [7, 11) is 0. The van der Waals surface area contributed by atoms with E-state index in [1.807, 2.05) is 18.3 Å². The Morgan fingerprint density at radius 3 is 2.67 bits per heavy atom. The third-order valence-electron chi connectivity index (χ3n) is 3.72. The number of fused-ring (bicyclic) bond motifs is 2. The van der Waals surface area contributed by atoms with Gasteiger partial charge in [0.25, 0.3) is 0 Å². The molecule has 1 aromatic heterocycles. The van der Waals surface area contributed by atoms with Gasteiger partial charge in [-0.25, -0.2) is 0 Å². The van der Waals surface area contributed by atoms with Crippen LogP contribution in [0, 0.1) is 0 Å². The summed E-state index contributed by atoms with van der Waals surface area (Å²) in [6.07, 6.45) is 4.12. The first-order valence-electron chi connectivity index (χ1n) is 7.32. The number of aryl methyl sites for hydroxylation is 1. The van der Waals surface area contributed by atoms with E-state index in [0.29, 0.717) is 19.0 Å². The van der Waals surface area contributed by atoms with E-state index in [4.69, 9.17) is 14.6 Å². The molecule has 0 spiro atoms. The third-order valence-corrected chi connectivity index (χ3v) is 3.72. The predicted molar refractivity (Wildman–Crippen MR) is 79.2 cm³/mol. The summed E-state index contributed by atoms with van der Waals surface area (Å²) in [6.45, 7) is 4.11. The van der Waals surface area contributed by atoms with Gasteiger partial charge in [0.2, 0.25) is 0 Å². The van der Waals surface area contributed by atoms with E-state index in [-0.39, 0.29) is 6.42 Å². The number of ether oxygens (including phenoxy) is 2.